The van der Waals surface area contributed by atoms with Gasteiger partial charge in [-0.15, -0.1) is 0 Å². The number of ether oxygens (including phenoxy) is 1. The van der Waals surface area contributed by atoms with Crippen LogP contribution in [0.3, 0.4) is 0 Å². The summed E-state index contributed by atoms with van der Waals surface area (Å²) in [4.78, 5) is 28.5. The van der Waals surface area contributed by atoms with Crippen LogP contribution in [0, 0.1) is 5.92 Å². The van der Waals surface area contributed by atoms with E-state index in [0.717, 1.165) is 51.6 Å². The molecular formula is C17H30N2O4. The highest BCUT2D eigenvalue weighted by molar-refractivity contribution is 5.80. The van der Waals surface area contributed by atoms with E-state index >= 15 is 0 Å². The van der Waals surface area contributed by atoms with Crippen LogP contribution < -0.4 is 0 Å². The molecule has 0 aromatic carbocycles. The number of esters is 1. The lowest BCUT2D eigenvalue weighted by molar-refractivity contribution is -0.151. The molecule has 2 atom stereocenters. The van der Waals surface area contributed by atoms with Crippen LogP contribution in [-0.4, -0.2) is 72.2 Å². The Morgan fingerprint density at radius 3 is 2.74 bits per heavy atom. The summed E-state index contributed by atoms with van der Waals surface area (Å²) in [6.07, 6.45) is 5.65. The molecule has 0 bridgehead atoms. The van der Waals surface area contributed by atoms with Crippen molar-refractivity contribution in [3.8, 4) is 0 Å². The maximum Gasteiger partial charge on any atom is 0.310 e. The Morgan fingerprint density at radius 2 is 2.00 bits per heavy atom. The number of amides is 1. The highest BCUT2D eigenvalue weighted by Crippen LogP contribution is 2.23. The summed E-state index contributed by atoms with van der Waals surface area (Å²) in [5.74, 6) is -0.224. The van der Waals surface area contributed by atoms with Gasteiger partial charge >= 0.3 is 5.97 Å². The number of nitrogens with zero attached hydrogens (tertiary/aromatic N) is 2. The average Bonchev–Trinajstić information content (AvgIpc) is 3.00. The molecule has 6 nitrogen and oxygen atoms in total. The number of aliphatic hydroxyl groups excluding tert-OH is 1. The smallest absolute Gasteiger partial charge is 0.310 e. The highest BCUT2D eigenvalue weighted by atomic mass is 16.5. The lowest BCUT2D eigenvalue weighted by Crippen LogP contribution is -2.47. The van der Waals surface area contributed by atoms with E-state index in [4.69, 9.17) is 9.84 Å². The Hall–Kier alpha value is -1.14. The Morgan fingerprint density at radius 1 is 1.22 bits per heavy atom. The summed E-state index contributed by atoms with van der Waals surface area (Å²) >= 11 is 0. The van der Waals surface area contributed by atoms with Crippen molar-refractivity contribution in [2.75, 3.05) is 39.4 Å². The van der Waals surface area contributed by atoms with E-state index in [1.54, 1.807) is 0 Å². The molecular weight excluding hydrogens is 296 g/mol. The standard InChI is InChI=1S/C17H30N2O4/c1-2-23-17(22)14-6-3-10-19(12-14)16(21)13-18-9-4-7-15(18)8-5-11-20/h14-15,20H,2-13H2,1H3. The van der Waals surface area contributed by atoms with Gasteiger partial charge in [-0.3, -0.25) is 14.5 Å². The van der Waals surface area contributed by atoms with Gasteiger partial charge in [0.2, 0.25) is 5.91 Å². The van der Waals surface area contributed by atoms with Crippen LogP contribution in [0.25, 0.3) is 0 Å². The number of carbonyl (C=O) groups excluding carboxylic acids is 2. The van der Waals surface area contributed by atoms with Crippen LogP contribution in [0.4, 0.5) is 0 Å². The fraction of sp³-hybridized carbons (Fsp3) is 0.882. The van der Waals surface area contributed by atoms with Gasteiger partial charge < -0.3 is 14.7 Å². The summed E-state index contributed by atoms with van der Waals surface area (Å²) in [7, 11) is 0. The zero-order valence-corrected chi connectivity index (χ0v) is 14.2. The van der Waals surface area contributed by atoms with Crippen molar-refractivity contribution < 1.29 is 19.4 Å². The topological polar surface area (TPSA) is 70.1 Å². The number of hydrogen-bond donors (Lipinski definition) is 1. The van der Waals surface area contributed by atoms with Crippen LogP contribution >= 0.6 is 0 Å². The first-order valence-electron chi connectivity index (χ1n) is 8.95. The van der Waals surface area contributed by atoms with Crippen LogP contribution in [0.15, 0.2) is 0 Å². The summed E-state index contributed by atoms with van der Waals surface area (Å²) in [5.41, 5.74) is 0. The fourth-order valence-corrected chi connectivity index (χ4v) is 3.69. The predicted molar refractivity (Wildman–Crippen MR) is 86.9 cm³/mol. The molecule has 6 heteroatoms. The average molecular weight is 326 g/mol. The van der Waals surface area contributed by atoms with Crippen molar-refractivity contribution in [1.29, 1.82) is 0 Å². The van der Waals surface area contributed by atoms with Gasteiger partial charge in [-0.25, -0.2) is 0 Å². The quantitative estimate of drug-likeness (QED) is 0.708. The summed E-state index contributed by atoms with van der Waals surface area (Å²) in [5, 5.41) is 8.99. The van der Waals surface area contributed by atoms with E-state index in [0.29, 0.717) is 25.7 Å². The van der Waals surface area contributed by atoms with E-state index in [2.05, 4.69) is 4.90 Å². The van der Waals surface area contributed by atoms with Gasteiger partial charge in [-0.2, -0.15) is 0 Å². The molecule has 0 aromatic rings. The lowest BCUT2D eigenvalue weighted by Gasteiger charge is -2.33. The number of carbonyl (C=O) groups is 2. The Balaban J connectivity index is 1.83. The van der Waals surface area contributed by atoms with Gasteiger partial charge in [-0.05, 0) is 52.0 Å². The minimum absolute atomic E-state index is 0.120. The number of aliphatic hydroxyl groups is 1. The maximum absolute atomic E-state index is 12.6. The van der Waals surface area contributed by atoms with E-state index < -0.39 is 0 Å². The molecule has 2 aliphatic heterocycles. The number of likely N-dealkylation sites (tertiary alicyclic amines) is 2. The Kier molecular flexibility index (Phi) is 7.30. The third-order valence-corrected chi connectivity index (χ3v) is 4.93. The summed E-state index contributed by atoms with van der Waals surface area (Å²) < 4.78 is 5.09. The van der Waals surface area contributed by atoms with Gasteiger partial charge in [0.15, 0.2) is 0 Å². The van der Waals surface area contributed by atoms with Crippen molar-refractivity contribution in [2.45, 2.75) is 51.5 Å². The molecule has 0 saturated carbocycles. The molecule has 2 rings (SSSR count). The monoisotopic (exact) mass is 326 g/mol. The summed E-state index contributed by atoms with van der Waals surface area (Å²) in [6.45, 7) is 5.04. The Bertz CT molecular complexity index is 402. The van der Waals surface area contributed by atoms with Crippen LogP contribution in [-0.2, 0) is 14.3 Å². The largest absolute Gasteiger partial charge is 0.466 e. The van der Waals surface area contributed by atoms with Gasteiger partial charge in [0, 0.05) is 25.7 Å². The second kappa shape index (κ2) is 9.23. The SMILES string of the molecule is CCOC(=O)C1CCCN(C(=O)CN2CCCC2CCCO)C1. The van der Waals surface area contributed by atoms with Crippen LogP contribution in [0.5, 0.6) is 0 Å². The minimum Gasteiger partial charge on any atom is -0.466 e. The molecule has 0 spiro atoms. The van der Waals surface area contributed by atoms with Crippen molar-refractivity contribution >= 4 is 11.9 Å². The van der Waals surface area contributed by atoms with E-state index in [-0.39, 0.29) is 24.4 Å². The van der Waals surface area contributed by atoms with Gasteiger partial charge in [0.05, 0.1) is 19.1 Å². The Labute approximate surface area is 138 Å². The molecule has 2 unspecified atom stereocenters. The summed E-state index contributed by atoms with van der Waals surface area (Å²) in [6, 6.07) is 0.414. The van der Waals surface area contributed by atoms with Crippen LogP contribution in [0.1, 0.15) is 45.4 Å². The molecule has 132 valence electrons. The zero-order chi connectivity index (χ0) is 16.7. The van der Waals surface area contributed by atoms with E-state index in [1.165, 1.54) is 0 Å². The molecule has 23 heavy (non-hydrogen) atoms. The van der Waals surface area contributed by atoms with Crippen molar-refractivity contribution in [2.24, 2.45) is 5.92 Å². The molecule has 2 heterocycles. The third-order valence-electron chi connectivity index (χ3n) is 4.93. The maximum atomic E-state index is 12.6. The van der Waals surface area contributed by atoms with Crippen molar-refractivity contribution in [1.82, 2.24) is 9.80 Å². The van der Waals surface area contributed by atoms with Gasteiger partial charge in [-0.1, -0.05) is 0 Å². The van der Waals surface area contributed by atoms with E-state index in [1.807, 2.05) is 11.8 Å². The van der Waals surface area contributed by atoms with E-state index in [9.17, 15) is 9.59 Å². The predicted octanol–water partition coefficient (Wildman–Crippen LogP) is 1.03. The molecule has 2 saturated heterocycles. The molecule has 0 aromatic heterocycles. The number of rotatable bonds is 7. The lowest BCUT2D eigenvalue weighted by atomic mass is 9.98. The van der Waals surface area contributed by atoms with Crippen molar-refractivity contribution in [3.05, 3.63) is 0 Å². The first-order chi connectivity index (χ1) is 11.2. The number of piperidine rings is 1. The molecule has 1 amide bonds. The molecule has 2 aliphatic rings. The van der Waals surface area contributed by atoms with Gasteiger partial charge in [0.25, 0.3) is 0 Å². The zero-order valence-electron chi connectivity index (χ0n) is 14.2. The first-order valence-corrected chi connectivity index (χ1v) is 8.95. The number of hydrogen-bond acceptors (Lipinski definition) is 5. The molecule has 0 radical (unpaired) electrons. The van der Waals surface area contributed by atoms with Crippen LogP contribution in [0.2, 0.25) is 0 Å². The second-order valence-electron chi connectivity index (χ2n) is 6.56. The molecule has 2 fully saturated rings. The normalized spacial score (nSPS) is 25.6. The fourth-order valence-electron chi connectivity index (χ4n) is 3.69. The minimum atomic E-state index is -0.174. The second-order valence-corrected chi connectivity index (χ2v) is 6.56. The first kappa shape index (κ1) is 18.2. The third kappa shape index (κ3) is 5.18. The van der Waals surface area contributed by atoms with Gasteiger partial charge in [0.1, 0.15) is 0 Å². The van der Waals surface area contributed by atoms with Crippen molar-refractivity contribution in [3.63, 3.8) is 0 Å². The molecule has 0 aliphatic carbocycles. The highest BCUT2D eigenvalue weighted by Gasteiger charge is 2.32. The molecule has 1 N–H and O–H groups in total.